The molecule has 2 aromatic carbocycles. The van der Waals surface area contributed by atoms with Crippen molar-refractivity contribution in [3.05, 3.63) is 72.6 Å². The van der Waals surface area contributed by atoms with Gasteiger partial charge in [-0.25, -0.2) is 19.5 Å². The number of hydrogen-bond donors (Lipinski definition) is 5. The highest BCUT2D eigenvalue weighted by atomic mass is 127. The largest absolute Gasteiger partial charge is 0.480 e. The first-order valence-corrected chi connectivity index (χ1v) is 20.7. The topological polar surface area (TPSA) is 218 Å². The zero-order valence-corrected chi connectivity index (χ0v) is 37.2. The second-order valence-electron chi connectivity index (χ2n) is 13.6. The van der Waals surface area contributed by atoms with Gasteiger partial charge >= 0.3 is 30.3 Å². The summed E-state index contributed by atoms with van der Waals surface area (Å²) in [6, 6.07) is 12.9. The lowest BCUT2D eigenvalue weighted by Crippen LogP contribution is -2.45. The number of Topliss-reactive ketones (excluding diaryl/α,β-unsaturated/α-hetero) is 1. The molecule has 0 radical (unpaired) electrons. The van der Waals surface area contributed by atoms with E-state index < -0.39 is 54.8 Å². The Hall–Kier alpha value is -4.67. The molecule has 0 atom stereocenters. The average molecular weight is 980 g/mol. The number of alkyl halides is 3. The molecule has 0 spiro atoms. The van der Waals surface area contributed by atoms with E-state index in [0.29, 0.717) is 21.9 Å². The van der Waals surface area contributed by atoms with Crippen molar-refractivity contribution in [2.24, 2.45) is 0 Å². The Morgan fingerprint density at radius 1 is 0.750 bits per heavy atom. The summed E-state index contributed by atoms with van der Waals surface area (Å²) >= 11 is 2.90. The van der Waals surface area contributed by atoms with E-state index in [1.165, 1.54) is 42.4 Å². The molecular weight excluding hydrogens is 926 g/mol. The Morgan fingerprint density at radius 3 is 1.82 bits per heavy atom. The Labute approximate surface area is 364 Å². The Bertz CT molecular complexity index is 1850. The number of halogens is 4. The van der Waals surface area contributed by atoms with Gasteiger partial charge in [-0.1, -0.05) is 74.1 Å². The number of aromatic nitrogens is 1. The van der Waals surface area contributed by atoms with Gasteiger partial charge < -0.3 is 25.7 Å². The van der Waals surface area contributed by atoms with Crippen LogP contribution in [0, 0.1) is 24.3 Å². The molecule has 3 aromatic rings. The summed E-state index contributed by atoms with van der Waals surface area (Å²) in [4.78, 5) is 72.4. The summed E-state index contributed by atoms with van der Waals surface area (Å²) in [6.07, 6.45) is -1.61. The standard InChI is InChI=1S/C15H22INO.C13H21N3O9.C12H10F3NS/c1-3-4-5-6-7-10-17-15(18)13-11-12(2)8-9-14(13)16;1-9(17)6-15(8-11(20)21)3-2-14(7-10(18)19)4-5-16(12(22)23)13(24)25;1-7-3-5-9(6-4-7)10-11(12(13,14)15)17-8(2)16-10/h8-9,11H,3-7,10H2,1-2H3,(H,17,18);2-8H2,1H3,(H,18,19)(H,20,21)(H,22,23)(H,24,25);3-6H,1-2H3. The van der Waals surface area contributed by atoms with Crippen LogP contribution in [0.25, 0.3) is 11.3 Å². The molecule has 3 rings (SSSR count). The van der Waals surface area contributed by atoms with Crippen molar-refractivity contribution in [3.63, 3.8) is 0 Å². The normalized spacial score (nSPS) is 10.9. The maximum Gasteiger partial charge on any atom is 0.427 e. The van der Waals surface area contributed by atoms with Crippen LogP contribution >= 0.6 is 33.9 Å². The van der Waals surface area contributed by atoms with Crippen LogP contribution in [0.3, 0.4) is 0 Å². The Balaban J connectivity index is 0.000000460. The third-order valence-corrected chi connectivity index (χ3v) is 10.2. The first kappa shape index (κ1) is 53.3. The van der Waals surface area contributed by atoms with Gasteiger partial charge in [-0.15, -0.1) is 11.3 Å². The van der Waals surface area contributed by atoms with E-state index in [0.717, 1.165) is 33.2 Å². The van der Waals surface area contributed by atoms with E-state index in [4.69, 9.17) is 20.4 Å². The fraction of sp³-hybridized carbons (Fsp3) is 0.475. The number of aliphatic carboxylic acids is 2. The molecule has 20 heteroatoms. The van der Waals surface area contributed by atoms with Crippen molar-refractivity contribution in [3.8, 4) is 11.3 Å². The van der Waals surface area contributed by atoms with Crippen LogP contribution in [-0.2, 0) is 20.6 Å². The van der Waals surface area contributed by atoms with E-state index in [1.54, 1.807) is 31.2 Å². The van der Waals surface area contributed by atoms with E-state index in [2.05, 4.69) is 39.8 Å². The van der Waals surface area contributed by atoms with Crippen molar-refractivity contribution >= 4 is 69.7 Å². The van der Waals surface area contributed by atoms with E-state index >= 15 is 0 Å². The van der Waals surface area contributed by atoms with Gasteiger partial charge in [0.25, 0.3) is 5.91 Å². The number of nitrogens with zero attached hydrogens (tertiary/aromatic N) is 4. The first-order valence-electron chi connectivity index (χ1n) is 18.8. The molecule has 15 nitrogen and oxygen atoms in total. The Morgan fingerprint density at radius 2 is 1.28 bits per heavy atom. The number of carboxylic acid groups (broad SMARTS) is 4. The number of amides is 3. The molecule has 1 aromatic heterocycles. The molecule has 3 amide bonds. The second kappa shape index (κ2) is 27.2. The fourth-order valence-corrected chi connectivity index (χ4v) is 6.73. The quantitative estimate of drug-likeness (QED) is 0.0541. The highest BCUT2D eigenvalue weighted by Gasteiger charge is 2.37. The predicted octanol–water partition coefficient (Wildman–Crippen LogP) is 7.75. The minimum Gasteiger partial charge on any atom is -0.480 e. The summed E-state index contributed by atoms with van der Waals surface area (Å²) in [7, 11) is 0. The lowest BCUT2D eigenvalue weighted by atomic mass is 10.1. The van der Waals surface area contributed by atoms with Crippen LogP contribution in [0.15, 0.2) is 42.5 Å². The van der Waals surface area contributed by atoms with Gasteiger partial charge in [0.05, 0.1) is 35.9 Å². The van der Waals surface area contributed by atoms with Gasteiger partial charge in [0, 0.05) is 41.9 Å². The van der Waals surface area contributed by atoms with Crippen LogP contribution in [0.1, 0.15) is 77.3 Å². The Kier molecular flexibility index (Phi) is 24.2. The molecule has 0 bridgehead atoms. The van der Waals surface area contributed by atoms with Gasteiger partial charge in [0.15, 0.2) is 0 Å². The summed E-state index contributed by atoms with van der Waals surface area (Å²) < 4.78 is 39.4. The van der Waals surface area contributed by atoms with Crippen molar-refractivity contribution in [1.29, 1.82) is 0 Å². The number of thiazole rings is 1. The second-order valence-corrected chi connectivity index (χ2v) is 16.0. The summed E-state index contributed by atoms with van der Waals surface area (Å²) in [5.74, 6) is -2.59. The number of hydrogen-bond acceptors (Lipinski definition) is 10. The fourth-order valence-electron chi connectivity index (χ4n) is 5.34. The van der Waals surface area contributed by atoms with Crippen molar-refractivity contribution in [2.45, 2.75) is 72.9 Å². The van der Waals surface area contributed by atoms with Crippen molar-refractivity contribution < 1.29 is 62.4 Å². The van der Waals surface area contributed by atoms with E-state index in [9.17, 15) is 41.9 Å². The molecule has 1 heterocycles. The zero-order chi connectivity index (χ0) is 45.6. The number of nitrogens with one attached hydrogen (secondary N) is 1. The van der Waals surface area contributed by atoms with Crippen molar-refractivity contribution in [1.82, 2.24) is 25.0 Å². The number of aryl methyl sites for hydroxylation is 3. The zero-order valence-electron chi connectivity index (χ0n) is 34.2. The monoisotopic (exact) mass is 979 g/mol. The number of carboxylic acids is 2. The lowest BCUT2D eigenvalue weighted by molar-refractivity contribution is -0.140. The predicted molar refractivity (Wildman–Crippen MR) is 229 cm³/mol. The van der Waals surface area contributed by atoms with Gasteiger partial charge in [-0.3, -0.25) is 29.0 Å². The summed E-state index contributed by atoms with van der Waals surface area (Å²) in [6.45, 7) is 8.11. The highest BCUT2D eigenvalue weighted by Crippen LogP contribution is 2.40. The maximum absolute atomic E-state index is 12.8. The summed E-state index contributed by atoms with van der Waals surface area (Å²) in [5, 5.41) is 38.6. The average Bonchev–Trinajstić information content (AvgIpc) is 3.55. The van der Waals surface area contributed by atoms with Gasteiger partial charge in [0.1, 0.15) is 10.7 Å². The van der Waals surface area contributed by atoms with Crippen LogP contribution in [0.5, 0.6) is 0 Å². The van der Waals surface area contributed by atoms with Crippen LogP contribution in [-0.4, -0.2) is 128 Å². The van der Waals surface area contributed by atoms with Crippen LogP contribution in [0.4, 0.5) is 22.8 Å². The third kappa shape index (κ3) is 21.5. The molecular formula is C40H53F3IN5O10S. The third-order valence-electron chi connectivity index (χ3n) is 8.25. The molecule has 0 unspecified atom stereocenters. The van der Waals surface area contributed by atoms with Crippen LogP contribution < -0.4 is 5.32 Å². The smallest absolute Gasteiger partial charge is 0.427 e. The number of benzene rings is 2. The molecule has 0 saturated carbocycles. The molecule has 0 aliphatic carbocycles. The van der Waals surface area contributed by atoms with Crippen LogP contribution in [0.2, 0.25) is 0 Å². The number of ketones is 1. The van der Waals surface area contributed by atoms with E-state index in [-0.39, 0.29) is 48.5 Å². The highest BCUT2D eigenvalue weighted by molar-refractivity contribution is 14.1. The van der Waals surface area contributed by atoms with Crippen molar-refractivity contribution in [2.75, 3.05) is 52.4 Å². The SMILES string of the molecule is CC(=O)CN(CCN(CCN(C(=O)O)C(=O)O)CC(=O)O)CC(=O)O.CCCCCCCNC(=O)c1cc(C)ccc1I.Cc1ccc(-c2nc(C)sc2C(F)(F)F)cc1. The molecule has 0 aliphatic heterocycles. The maximum atomic E-state index is 12.8. The van der Waals surface area contributed by atoms with Gasteiger partial charge in [0.2, 0.25) is 0 Å². The minimum atomic E-state index is -4.34. The molecule has 5 N–H and O–H groups in total. The van der Waals surface area contributed by atoms with Gasteiger partial charge in [-0.05, 0) is 68.8 Å². The number of carbonyl (C=O) groups is 6. The molecule has 0 saturated heterocycles. The number of unbranched alkanes of at least 4 members (excludes halogenated alkanes) is 4. The minimum absolute atomic E-state index is 0.0138. The number of carbonyl (C=O) groups excluding carboxylic acids is 2. The summed E-state index contributed by atoms with van der Waals surface area (Å²) in [5.41, 5.74) is 3.47. The first-order chi connectivity index (χ1) is 28.0. The number of imide groups is 1. The lowest BCUT2D eigenvalue weighted by Gasteiger charge is -2.26. The van der Waals surface area contributed by atoms with Gasteiger partial charge in [-0.2, -0.15) is 13.2 Å². The molecule has 0 fully saturated rings. The molecule has 332 valence electrons. The molecule has 60 heavy (non-hydrogen) atoms. The van der Waals surface area contributed by atoms with E-state index in [1.807, 2.05) is 32.0 Å². The number of rotatable bonds is 20. The molecule has 0 aliphatic rings.